The summed E-state index contributed by atoms with van der Waals surface area (Å²) in [5, 5.41) is 0. The first kappa shape index (κ1) is 20.5. The summed E-state index contributed by atoms with van der Waals surface area (Å²) in [5.74, 6) is -16.6. The van der Waals surface area contributed by atoms with Crippen molar-refractivity contribution in [3.05, 3.63) is 0 Å². The van der Waals surface area contributed by atoms with E-state index in [0.29, 0.717) is 0 Å². The zero-order valence-electron chi connectivity index (χ0n) is 11.7. The number of ether oxygens (including phenoxy) is 2. The van der Waals surface area contributed by atoms with Gasteiger partial charge in [-0.25, -0.2) is 4.79 Å². The number of alkyl halides is 7. The molecular weight excluding hydrogens is 329 g/mol. The molecule has 11 heteroatoms. The van der Waals surface area contributed by atoms with Crippen LogP contribution in [-0.4, -0.2) is 43.2 Å². The van der Waals surface area contributed by atoms with Crippen molar-refractivity contribution in [1.82, 2.24) is 0 Å². The Kier molecular flexibility index (Phi) is 5.84. The molecule has 0 radical (unpaired) electrons. The Hall–Kier alpha value is -1.55. The molecule has 0 spiro atoms. The summed E-state index contributed by atoms with van der Waals surface area (Å²) >= 11 is 0. The van der Waals surface area contributed by atoms with Crippen LogP contribution in [0.2, 0.25) is 0 Å². The summed E-state index contributed by atoms with van der Waals surface area (Å²) in [7, 11) is 0. The van der Waals surface area contributed by atoms with E-state index in [2.05, 4.69) is 9.47 Å². The van der Waals surface area contributed by atoms with Crippen LogP contribution in [0.1, 0.15) is 20.8 Å². The number of hydrogen-bond acceptors (Lipinski definition) is 4. The van der Waals surface area contributed by atoms with Gasteiger partial charge in [0.15, 0.2) is 0 Å². The van der Waals surface area contributed by atoms with Crippen molar-refractivity contribution in [3.8, 4) is 0 Å². The highest BCUT2D eigenvalue weighted by molar-refractivity contribution is 5.79. The number of carbonyl (C=O) groups is 2. The molecule has 130 valence electrons. The first-order valence-corrected chi connectivity index (χ1v) is 5.72. The third-order valence-corrected chi connectivity index (χ3v) is 2.17. The van der Waals surface area contributed by atoms with Crippen LogP contribution in [0.4, 0.5) is 30.7 Å². The Morgan fingerprint density at radius 1 is 0.773 bits per heavy atom. The second-order valence-electron chi connectivity index (χ2n) is 5.17. The Labute approximate surface area is 120 Å². The van der Waals surface area contributed by atoms with Crippen LogP contribution in [0.15, 0.2) is 0 Å². The van der Waals surface area contributed by atoms with Gasteiger partial charge in [0.05, 0.1) is 5.41 Å². The van der Waals surface area contributed by atoms with E-state index in [1.54, 1.807) is 0 Å². The van der Waals surface area contributed by atoms with E-state index in [-0.39, 0.29) is 0 Å². The van der Waals surface area contributed by atoms with Gasteiger partial charge < -0.3 is 9.47 Å². The molecule has 0 amide bonds. The largest absolute Gasteiger partial charge is 0.462 e. The highest BCUT2D eigenvalue weighted by Gasteiger charge is 2.77. The highest BCUT2D eigenvalue weighted by Crippen LogP contribution is 2.46. The van der Waals surface area contributed by atoms with Gasteiger partial charge in [-0.3, -0.25) is 4.79 Å². The molecule has 0 bridgehead atoms. The van der Waals surface area contributed by atoms with Gasteiger partial charge in [-0.2, -0.15) is 30.7 Å². The molecule has 0 fully saturated rings. The van der Waals surface area contributed by atoms with Gasteiger partial charge in [0.2, 0.25) is 0 Å². The summed E-state index contributed by atoms with van der Waals surface area (Å²) < 4.78 is 94.1. The molecule has 22 heavy (non-hydrogen) atoms. The van der Waals surface area contributed by atoms with Crippen molar-refractivity contribution in [2.75, 3.05) is 13.2 Å². The summed E-state index contributed by atoms with van der Waals surface area (Å²) in [6.45, 7) is 2.47. The van der Waals surface area contributed by atoms with Crippen LogP contribution >= 0.6 is 0 Å². The van der Waals surface area contributed by atoms with E-state index >= 15 is 0 Å². The Morgan fingerprint density at radius 2 is 1.14 bits per heavy atom. The fourth-order valence-corrected chi connectivity index (χ4v) is 0.882. The lowest BCUT2D eigenvalue weighted by atomic mass is 9.97. The topological polar surface area (TPSA) is 52.6 Å². The lowest BCUT2D eigenvalue weighted by molar-refractivity contribution is -0.348. The van der Waals surface area contributed by atoms with E-state index in [1.807, 2.05) is 0 Å². The van der Waals surface area contributed by atoms with Crippen LogP contribution in [0, 0.1) is 5.41 Å². The van der Waals surface area contributed by atoms with Gasteiger partial charge in [-0.1, -0.05) is 0 Å². The van der Waals surface area contributed by atoms with Gasteiger partial charge >= 0.3 is 30.0 Å². The SMILES string of the molecule is CC(C)(C)C(=O)OCCOC(=O)C(F)(F)C(F)(F)C(F)(F)F. The second kappa shape index (κ2) is 6.29. The third-order valence-electron chi connectivity index (χ3n) is 2.17. The number of halogens is 7. The minimum absolute atomic E-state index is 0.768. The molecule has 0 saturated heterocycles. The molecule has 0 atom stereocenters. The molecule has 0 aliphatic heterocycles. The van der Waals surface area contributed by atoms with Crippen LogP contribution in [0.3, 0.4) is 0 Å². The summed E-state index contributed by atoms with van der Waals surface area (Å²) in [6.07, 6.45) is -6.63. The standard InChI is InChI=1S/C11H13F7O4/c1-8(2,3)6(19)21-4-5-22-7(20)9(12,13)10(14,15)11(16,17)18/h4-5H2,1-3H3. The van der Waals surface area contributed by atoms with E-state index in [1.165, 1.54) is 20.8 Å². The minimum atomic E-state index is -6.63. The third kappa shape index (κ3) is 4.47. The Balaban J connectivity index is 4.59. The van der Waals surface area contributed by atoms with E-state index in [0.717, 1.165) is 0 Å². The van der Waals surface area contributed by atoms with Gasteiger partial charge in [0, 0.05) is 0 Å². The van der Waals surface area contributed by atoms with E-state index in [9.17, 15) is 40.3 Å². The maximum Gasteiger partial charge on any atom is 0.460 e. The fourth-order valence-electron chi connectivity index (χ4n) is 0.882. The number of rotatable bonds is 5. The lowest BCUT2D eigenvalue weighted by Gasteiger charge is -2.26. The van der Waals surface area contributed by atoms with Crippen LogP contribution in [0.25, 0.3) is 0 Å². The van der Waals surface area contributed by atoms with Crippen LogP contribution < -0.4 is 0 Å². The first-order chi connectivity index (χ1) is 9.55. The zero-order chi connectivity index (χ0) is 18.0. The summed E-state index contributed by atoms with van der Waals surface area (Å²) in [6, 6.07) is 0. The van der Waals surface area contributed by atoms with Crippen LogP contribution in [-0.2, 0) is 19.1 Å². The minimum Gasteiger partial charge on any atom is -0.462 e. The van der Waals surface area contributed by atoms with Crippen molar-refractivity contribution in [3.63, 3.8) is 0 Å². The van der Waals surface area contributed by atoms with Gasteiger partial charge in [-0.15, -0.1) is 0 Å². The van der Waals surface area contributed by atoms with Crippen molar-refractivity contribution in [2.45, 2.75) is 38.8 Å². The maximum atomic E-state index is 12.8. The van der Waals surface area contributed by atoms with Crippen molar-refractivity contribution in [2.24, 2.45) is 5.41 Å². The van der Waals surface area contributed by atoms with Gasteiger partial charge in [0.25, 0.3) is 0 Å². The van der Waals surface area contributed by atoms with Gasteiger partial charge in [-0.05, 0) is 20.8 Å². The molecule has 0 aliphatic carbocycles. The molecular formula is C11H13F7O4. The number of esters is 2. The normalized spacial score (nSPS) is 13.7. The quantitative estimate of drug-likeness (QED) is 0.438. The Bertz CT molecular complexity index is 423. The van der Waals surface area contributed by atoms with Crippen molar-refractivity contribution in [1.29, 1.82) is 0 Å². The van der Waals surface area contributed by atoms with E-state index < -0.39 is 48.6 Å². The molecule has 0 aromatic carbocycles. The summed E-state index contributed by atoms with van der Waals surface area (Å²) in [5.41, 5.74) is -0.961. The van der Waals surface area contributed by atoms with Gasteiger partial charge in [0.1, 0.15) is 13.2 Å². The van der Waals surface area contributed by atoms with Crippen molar-refractivity contribution < 1.29 is 49.8 Å². The lowest BCUT2D eigenvalue weighted by Crippen LogP contribution is -2.56. The smallest absolute Gasteiger partial charge is 0.460 e. The first-order valence-electron chi connectivity index (χ1n) is 5.72. The number of carbonyl (C=O) groups excluding carboxylic acids is 2. The molecule has 4 nitrogen and oxygen atoms in total. The molecule has 0 aromatic rings. The molecule has 0 N–H and O–H groups in total. The second-order valence-corrected chi connectivity index (χ2v) is 5.17. The zero-order valence-corrected chi connectivity index (χ0v) is 11.7. The maximum absolute atomic E-state index is 12.8. The average molecular weight is 342 g/mol. The molecule has 0 unspecified atom stereocenters. The number of hydrogen-bond donors (Lipinski definition) is 0. The molecule has 0 aliphatic rings. The molecule has 0 rings (SSSR count). The Morgan fingerprint density at radius 3 is 1.45 bits per heavy atom. The average Bonchev–Trinajstić information content (AvgIpc) is 2.30. The fraction of sp³-hybridized carbons (Fsp3) is 0.818. The predicted molar refractivity (Wildman–Crippen MR) is 57.3 cm³/mol. The highest BCUT2D eigenvalue weighted by atomic mass is 19.4. The van der Waals surface area contributed by atoms with Crippen molar-refractivity contribution >= 4 is 11.9 Å². The molecule has 0 saturated carbocycles. The summed E-state index contributed by atoms with van der Waals surface area (Å²) in [4.78, 5) is 21.9. The predicted octanol–water partition coefficient (Wildman–Crippen LogP) is 2.95. The van der Waals surface area contributed by atoms with Crippen LogP contribution in [0.5, 0.6) is 0 Å². The van der Waals surface area contributed by atoms with E-state index in [4.69, 9.17) is 0 Å². The monoisotopic (exact) mass is 342 g/mol. The molecule has 0 aromatic heterocycles. The molecule has 0 heterocycles.